The Morgan fingerprint density at radius 3 is 2.79 bits per heavy atom. The summed E-state index contributed by atoms with van der Waals surface area (Å²) in [5.41, 5.74) is 9.53. The number of aromatic nitrogens is 3. The van der Waals surface area contributed by atoms with Gasteiger partial charge in [-0.3, -0.25) is 4.68 Å². The summed E-state index contributed by atoms with van der Waals surface area (Å²) in [5, 5.41) is 4.41. The Bertz CT molecular complexity index is 556. The third-order valence-electron chi connectivity index (χ3n) is 3.40. The van der Waals surface area contributed by atoms with Crippen molar-refractivity contribution in [2.75, 3.05) is 0 Å². The summed E-state index contributed by atoms with van der Waals surface area (Å²) in [5.74, 6) is 0. The van der Waals surface area contributed by atoms with E-state index in [1.165, 1.54) is 11.3 Å². The van der Waals surface area contributed by atoms with Crippen LogP contribution < -0.4 is 5.73 Å². The molecule has 0 spiro atoms. The smallest absolute Gasteiger partial charge is 0.0739 e. The summed E-state index contributed by atoms with van der Waals surface area (Å²) in [6, 6.07) is 2.25. The maximum Gasteiger partial charge on any atom is 0.0739 e. The molecule has 0 aliphatic rings. The molecule has 5 heteroatoms. The molecular weight excluding hydrogens is 304 g/mol. The molecule has 4 nitrogen and oxygen atoms in total. The monoisotopic (exact) mass is 324 g/mol. The Morgan fingerprint density at radius 1 is 1.47 bits per heavy atom. The van der Waals surface area contributed by atoms with E-state index in [0.717, 1.165) is 29.6 Å². The van der Waals surface area contributed by atoms with Gasteiger partial charge in [-0.15, -0.1) is 0 Å². The normalized spacial score (nSPS) is 12.9. The molecule has 0 radical (unpaired) electrons. The molecule has 0 saturated heterocycles. The number of nitrogens with zero attached hydrogens (tertiary/aromatic N) is 3. The molecule has 0 fully saturated rings. The van der Waals surface area contributed by atoms with Crippen LogP contribution in [0.15, 0.2) is 22.9 Å². The van der Waals surface area contributed by atoms with E-state index in [2.05, 4.69) is 51.0 Å². The summed E-state index contributed by atoms with van der Waals surface area (Å²) >= 11 is 3.60. The van der Waals surface area contributed by atoms with Crippen LogP contribution in [0.25, 0.3) is 0 Å². The van der Waals surface area contributed by atoms with E-state index in [1.807, 2.05) is 18.7 Å². The summed E-state index contributed by atoms with van der Waals surface area (Å²) in [6.45, 7) is 4.97. The standard InChI is InChI=1S/C14H21BrN4/c1-4-5-12(16)11-6-7-19(8-11)9-13-14(15)10(2)17-18(13)3/h6-8,12H,4-5,9,16H2,1-3H3. The van der Waals surface area contributed by atoms with Gasteiger partial charge in [0.15, 0.2) is 0 Å². The average Bonchev–Trinajstić information content (AvgIpc) is 2.91. The molecular formula is C14H21BrN4. The first-order valence-electron chi connectivity index (χ1n) is 6.62. The number of hydrogen-bond donors (Lipinski definition) is 1. The highest BCUT2D eigenvalue weighted by atomic mass is 79.9. The van der Waals surface area contributed by atoms with Gasteiger partial charge < -0.3 is 10.3 Å². The highest BCUT2D eigenvalue weighted by Gasteiger charge is 2.12. The van der Waals surface area contributed by atoms with Gasteiger partial charge >= 0.3 is 0 Å². The highest BCUT2D eigenvalue weighted by molar-refractivity contribution is 9.10. The summed E-state index contributed by atoms with van der Waals surface area (Å²) in [6.07, 6.45) is 6.35. The fourth-order valence-electron chi connectivity index (χ4n) is 2.28. The van der Waals surface area contributed by atoms with Gasteiger partial charge in [-0.05, 0) is 40.9 Å². The molecule has 1 unspecified atom stereocenters. The lowest BCUT2D eigenvalue weighted by atomic mass is 10.1. The second kappa shape index (κ2) is 5.92. The lowest BCUT2D eigenvalue weighted by Gasteiger charge is -2.08. The molecule has 0 aliphatic carbocycles. The molecule has 0 saturated carbocycles. The van der Waals surface area contributed by atoms with Crippen LogP contribution in [0.2, 0.25) is 0 Å². The van der Waals surface area contributed by atoms with Gasteiger partial charge in [0, 0.05) is 25.5 Å². The van der Waals surface area contributed by atoms with Crippen molar-refractivity contribution < 1.29 is 0 Å². The molecule has 0 bridgehead atoms. The molecule has 2 aromatic heterocycles. The highest BCUT2D eigenvalue weighted by Crippen LogP contribution is 2.22. The Kier molecular flexibility index (Phi) is 4.47. The lowest BCUT2D eigenvalue weighted by molar-refractivity contribution is 0.631. The average molecular weight is 325 g/mol. The van der Waals surface area contributed by atoms with E-state index >= 15 is 0 Å². The SMILES string of the molecule is CCCC(N)c1ccn(Cc2c(Br)c(C)nn2C)c1. The van der Waals surface area contributed by atoms with Crippen molar-refractivity contribution in [1.82, 2.24) is 14.3 Å². The van der Waals surface area contributed by atoms with Gasteiger partial charge in [-0.1, -0.05) is 13.3 Å². The summed E-state index contributed by atoms with van der Waals surface area (Å²) < 4.78 is 5.17. The molecule has 2 heterocycles. The predicted octanol–water partition coefficient (Wildman–Crippen LogP) is 3.14. The summed E-state index contributed by atoms with van der Waals surface area (Å²) in [4.78, 5) is 0. The Hall–Kier alpha value is -1.07. The number of nitrogens with two attached hydrogens (primary N) is 1. The van der Waals surface area contributed by atoms with Crippen molar-refractivity contribution >= 4 is 15.9 Å². The molecule has 0 aromatic carbocycles. The second-order valence-corrected chi connectivity index (χ2v) is 5.78. The molecule has 104 valence electrons. The predicted molar refractivity (Wildman–Crippen MR) is 81.0 cm³/mol. The van der Waals surface area contributed by atoms with Gasteiger partial charge in [0.2, 0.25) is 0 Å². The van der Waals surface area contributed by atoms with Crippen LogP contribution in [0, 0.1) is 6.92 Å². The first kappa shape index (κ1) is 14.3. The Morgan fingerprint density at radius 2 is 2.21 bits per heavy atom. The quantitative estimate of drug-likeness (QED) is 0.918. The first-order valence-corrected chi connectivity index (χ1v) is 7.41. The largest absolute Gasteiger partial charge is 0.348 e. The first-order chi connectivity index (χ1) is 9.02. The zero-order valence-electron chi connectivity index (χ0n) is 11.7. The van der Waals surface area contributed by atoms with Crippen molar-refractivity contribution in [1.29, 1.82) is 0 Å². The van der Waals surface area contributed by atoms with E-state index in [9.17, 15) is 0 Å². The fourth-order valence-corrected chi connectivity index (χ4v) is 2.74. The third kappa shape index (κ3) is 3.09. The fraction of sp³-hybridized carbons (Fsp3) is 0.500. The number of aryl methyl sites for hydroxylation is 2. The second-order valence-electron chi connectivity index (χ2n) is 4.98. The van der Waals surface area contributed by atoms with Gasteiger partial charge in [-0.25, -0.2) is 0 Å². The van der Waals surface area contributed by atoms with Crippen molar-refractivity contribution in [3.63, 3.8) is 0 Å². The Balaban J connectivity index is 2.16. The topological polar surface area (TPSA) is 48.8 Å². The molecule has 2 N–H and O–H groups in total. The van der Waals surface area contributed by atoms with Crippen molar-refractivity contribution in [2.45, 2.75) is 39.3 Å². The van der Waals surface area contributed by atoms with E-state index in [4.69, 9.17) is 5.73 Å². The van der Waals surface area contributed by atoms with Gasteiger partial charge in [0.25, 0.3) is 0 Å². The van der Waals surface area contributed by atoms with Gasteiger partial charge in [0.05, 0.1) is 22.4 Å². The minimum absolute atomic E-state index is 0.142. The van der Waals surface area contributed by atoms with Crippen molar-refractivity contribution in [2.24, 2.45) is 12.8 Å². The van der Waals surface area contributed by atoms with E-state index in [-0.39, 0.29) is 6.04 Å². The summed E-state index contributed by atoms with van der Waals surface area (Å²) in [7, 11) is 1.97. The zero-order valence-corrected chi connectivity index (χ0v) is 13.3. The van der Waals surface area contributed by atoms with Crippen LogP contribution in [0.5, 0.6) is 0 Å². The van der Waals surface area contributed by atoms with E-state index < -0.39 is 0 Å². The molecule has 0 amide bonds. The number of hydrogen-bond acceptors (Lipinski definition) is 2. The van der Waals surface area contributed by atoms with Crippen LogP contribution in [-0.2, 0) is 13.6 Å². The van der Waals surface area contributed by atoms with Crippen LogP contribution in [0.4, 0.5) is 0 Å². The van der Waals surface area contributed by atoms with Crippen molar-refractivity contribution in [3.8, 4) is 0 Å². The maximum absolute atomic E-state index is 6.14. The van der Waals surface area contributed by atoms with E-state index in [1.54, 1.807) is 0 Å². The molecule has 2 rings (SSSR count). The Labute approximate surface area is 122 Å². The molecule has 2 aromatic rings. The van der Waals surface area contributed by atoms with Gasteiger partial charge in [-0.2, -0.15) is 5.10 Å². The van der Waals surface area contributed by atoms with Crippen LogP contribution >= 0.6 is 15.9 Å². The molecule has 0 aliphatic heterocycles. The molecule has 19 heavy (non-hydrogen) atoms. The van der Waals surface area contributed by atoms with E-state index in [0.29, 0.717) is 0 Å². The lowest BCUT2D eigenvalue weighted by Crippen LogP contribution is -2.09. The zero-order chi connectivity index (χ0) is 14.0. The molecule has 1 atom stereocenters. The number of rotatable bonds is 5. The minimum atomic E-state index is 0.142. The maximum atomic E-state index is 6.14. The third-order valence-corrected chi connectivity index (χ3v) is 4.43. The van der Waals surface area contributed by atoms with Gasteiger partial charge in [0.1, 0.15) is 0 Å². The number of halogens is 1. The van der Waals surface area contributed by atoms with Crippen LogP contribution in [0.3, 0.4) is 0 Å². The minimum Gasteiger partial charge on any atom is -0.348 e. The van der Waals surface area contributed by atoms with Crippen LogP contribution in [-0.4, -0.2) is 14.3 Å². The van der Waals surface area contributed by atoms with Crippen LogP contribution in [0.1, 0.15) is 42.8 Å². The van der Waals surface area contributed by atoms with Crippen molar-refractivity contribution in [3.05, 3.63) is 39.9 Å².